The highest BCUT2D eigenvalue weighted by molar-refractivity contribution is 7.47. The van der Waals surface area contributed by atoms with E-state index in [9.17, 15) is 50.0 Å². The number of amides is 1. The highest BCUT2D eigenvalue weighted by Gasteiger charge is 2.51. The van der Waals surface area contributed by atoms with Crippen LogP contribution in [0.2, 0.25) is 0 Å². The number of phosphoric acid groups is 1. The number of aliphatic hydroxyl groups is 7. The number of carbonyl (C=O) groups is 1. The van der Waals surface area contributed by atoms with Crippen molar-refractivity contribution < 1.29 is 59.0 Å². The van der Waals surface area contributed by atoms with Gasteiger partial charge in [-0.1, -0.05) is 186 Å². The summed E-state index contributed by atoms with van der Waals surface area (Å²) in [6.45, 7) is 3.71. The minimum Gasteiger partial charge on any atom is -0.393 e. The maximum Gasteiger partial charge on any atom is 0.472 e. The Morgan fingerprint density at radius 2 is 0.983 bits per heavy atom. The van der Waals surface area contributed by atoms with Crippen LogP contribution >= 0.6 is 7.82 Å². The number of hydrogen-bond acceptors (Lipinski definition) is 11. The third kappa shape index (κ3) is 27.8. The van der Waals surface area contributed by atoms with E-state index in [0.717, 1.165) is 44.9 Å². The molecule has 0 aromatic heterocycles. The van der Waals surface area contributed by atoms with Crippen molar-refractivity contribution in [2.45, 2.75) is 255 Å². The van der Waals surface area contributed by atoms with Gasteiger partial charge in [-0.15, -0.1) is 0 Å². The first-order valence-electron chi connectivity index (χ1n) is 23.9. The molecule has 0 saturated heterocycles. The first-order chi connectivity index (χ1) is 28.8. The molecule has 0 spiro atoms. The molecule has 0 aromatic rings. The van der Waals surface area contributed by atoms with Gasteiger partial charge in [-0.3, -0.25) is 13.8 Å². The van der Waals surface area contributed by atoms with E-state index in [0.29, 0.717) is 12.8 Å². The van der Waals surface area contributed by atoms with Crippen LogP contribution in [-0.4, -0.2) is 108 Å². The zero-order valence-corrected chi connectivity index (χ0v) is 38.3. The lowest BCUT2D eigenvalue weighted by Crippen LogP contribution is -2.64. The summed E-state index contributed by atoms with van der Waals surface area (Å²) in [5.74, 6) is -0.603. The lowest BCUT2D eigenvalue weighted by atomic mass is 9.85. The van der Waals surface area contributed by atoms with E-state index in [-0.39, 0.29) is 6.42 Å². The van der Waals surface area contributed by atoms with Gasteiger partial charge in [0, 0.05) is 0 Å². The fraction of sp³-hybridized carbons (Fsp3) is 0.891. The molecule has 1 aliphatic carbocycles. The largest absolute Gasteiger partial charge is 0.472 e. The van der Waals surface area contributed by atoms with Crippen LogP contribution in [0.5, 0.6) is 0 Å². The predicted octanol–water partition coefficient (Wildman–Crippen LogP) is 7.98. The Morgan fingerprint density at radius 1 is 0.583 bits per heavy atom. The van der Waals surface area contributed by atoms with E-state index >= 15 is 0 Å². The molecule has 8 unspecified atom stereocenters. The number of carbonyl (C=O) groups excluding carboxylic acids is 1. The van der Waals surface area contributed by atoms with Gasteiger partial charge in [0.05, 0.1) is 31.3 Å². The van der Waals surface area contributed by atoms with Crippen LogP contribution in [0.3, 0.4) is 0 Å². The second-order valence-corrected chi connectivity index (χ2v) is 18.5. The molecular formula is C46H88NO12P. The second-order valence-electron chi connectivity index (χ2n) is 17.1. The summed E-state index contributed by atoms with van der Waals surface area (Å²) in [4.78, 5) is 23.4. The number of phosphoric ester groups is 1. The van der Waals surface area contributed by atoms with Crippen LogP contribution in [0.1, 0.15) is 200 Å². The molecule has 0 bridgehead atoms. The third-order valence-corrected chi connectivity index (χ3v) is 12.5. The molecule has 0 heterocycles. The van der Waals surface area contributed by atoms with E-state index in [4.69, 9.17) is 9.05 Å². The molecule has 13 nitrogen and oxygen atoms in total. The molecule has 1 amide bonds. The highest BCUT2D eigenvalue weighted by Crippen LogP contribution is 2.47. The van der Waals surface area contributed by atoms with Crippen LogP contribution in [0.4, 0.5) is 0 Å². The van der Waals surface area contributed by atoms with Crippen LogP contribution in [0.25, 0.3) is 0 Å². The zero-order valence-electron chi connectivity index (χ0n) is 37.4. The Bertz CT molecular complexity index is 1130. The van der Waals surface area contributed by atoms with Gasteiger partial charge in [-0.2, -0.15) is 0 Å². The predicted molar refractivity (Wildman–Crippen MR) is 238 cm³/mol. The molecule has 9 N–H and O–H groups in total. The fourth-order valence-electron chi connectivity index (χ4n) is 7.61. The minimum absolute atomic E-state index is 0.250. The summed E-state index contributed by atoms with van der Waals surface area (Å²) in [7, 11) is -5.14. The first kappa shape index (κ1) is 56.8. The summed E-state index contributed by atoms with van der Waals surface area (Å²) in [6, 6.07) is -1.25. The quantitative estimate of drug-likeness (QED) is 0.0163. The lowest BCUT2D eigenvalue weighted by Gasteiger charge is -2.41. The maximum atomic E-state index is 12.9. The zero-order chi connectivity index (χ0) is 44.4. The van der Waals surface area contributed by atoms with E-state index in [2.05, 4.69) is 31.3 Å². The van der Waals surface area contributed by atoms with Crippen molar-refractivity contribution in [2.75, 3.05) is 6.61 Å². The van der Waals surface area contributed by atoms with Crippen molar-refractivity contribution in [3.05, 3.63) is 24.3 Å². The standard InChI is InChI=1S/C46H88NO12P/c1-3-5-7-9-11-13-14-15-16-17-18-19-20-21-22-23-24-26-28-30-32-34-39(49)38(47-40(50)35-37(48)33-31-29-27-25-12-10-8-6-4-2)36-58-60(56,57)59-46-44(54)42(52)41(51)43(53)45(46)55/h24,26,32,34,37-39,41-46,48-49,51-55H,3-23,25,27-31,33,35-36H2,1-2H3,(H,47,50)(H,56,57)/b26-24+,34-32+. The minimum atomic E-state index is -5.14. The summed E-state index contributed by atoms with van der Waals surface area (Å²) in [6.07, 6.45) is 25.8. The van der Waals surface area contributed by atoms with E-state index < -0.39 is 75.2 Å². The molecule has 14 heteroatoms. The topological polar surface area (TPSA) is 226 Å². The number of hydrogen-bond donors (Lipinski definition) is 9. The van der Waals surface area contributed by atoms with Gasteiger partial charge in [-0.05, 0) is 32.1 Å². The lowest BCUT2D eigenvalue weighted by molar-refractivity contribution is -0.220. The van der Waals surface area contributed by atoms with Gasteiger partial charge in [0.15, 0.2) is 0 Å². The maximum absolute atomic E-state index is 12.9. The Balaban J connectivity index is 2.52. The first-order valence-corrected chi connectivity index (χ1v) is 25.4. The summed E-state index contributed by atoms with van der Waals surface area (Å²) in [5, 5.41) is 74.3. The molecular weight excluding hydrogens is 789 g/mol. The Morgan fingerprint density at radius 3 is 1.47 bits per heavy atom. The van der Waals surface area contributed by atoms with Crippen molar-refractivity contribution in [3.8, 4) is 0 Å². The summed E-state index contributed by atoms with van der Waals surface area (Å²) in [5.41, 5.74) is 0. The molecule has 60 heavy (non-hydrogen) atoms. The van der Waals surface area contributed by atoms with Crippen molar-refractivity contribution in [1.82, 2.24) is 5.32 Å². The molecule has 0 radical (unpaired) electrons. The number of unbranched alkanes of at least 4 members (excludes halogenated alkanes) is 24. The van der Waals surface area contributed by atoms with Gasteiger partial charge in [-0.25, -0.2) is 4.57 Å². The fourth-order valence-corrected chi connectivity index (χ4v) is 8.58. The number of allylic oxidation sites excluding steroid dienone is 3. The monoisotopic (exact) mass is 878 g/mol. The molecule has 354 valence electrons. The Labute approximate surface area is 363 Å². The van der Waals surface area contributed by atoms with Crippen LogP contribution in [-0.2, 0) is 18.4 Å². The van der Waals surface area contributed by atoms with Crippen molar-refractivity contribution >= 4 is 13.7 Å². The van der Waals surface area contributed by atoms with E-state index in [1.54, 1.807) is 6.08 Å². The summed E-state index contributed by atoms with van der Waals surface area (Å²) < 4.78 is 22.8. The highest BCUT2D eigenvalue weighted by atomic mass is 31.2. The van der Waals surface area contributed by atoms with Gasteiger partial charge in [0.2, 0.25) is 5.91 Å². The van der Waals surface area contributed by atoms with Crippen LogP contribution in [0.15, 0.2) is 24.3 Å². The molecule has 1 saturated carbocycles. The molecule has 8 atom stereocenters. The van der Waals surface area contributed by atoms with Crippen molar-refractivity contribution in [1.29, 1.82) is 0 Å². The number of aliphatic hydroxyl groups excluding tert-OH is 7. The van der Waals surface area contributed by atoms with Crippen LogP contribution in [0, 0.1) is 0 Å². The van der Waals surface area contributed by atoms with Crippen LogP contribution < -0.4 is 5.32 Å². The molecule has 1 rings (SSSR count). The number of nitrogens with one attached hydrogen (secondary N) is 1. The van der Waals surface area contributed by atoms with Crippen molar-refractivity contribution in [3.63, 3.8) is 0 Å². The smallest absolute Gasteiger partial charge is 0.393 e. The van der Waals surface area contributed by atoms with Gasteiger partial charge < -0.3 is 46.0 Å². The van der Waals surface area contributed by atoms with E-state index in [1.807, 2.05) is 0 Å². The average Bonchev–Trinajstić information content (AvgIpc) is 3.22. The van der Waals surface area contributed by atoms with Gasteiger partial charge in [0.1, 0.15) is 36.6 Å². The van der Waals surface area contributed by atoms with E-state index in [1.165, 1.54) is 128 Å². The average molecular weight is 878 g/mol. The summed E-state index contributed by atoms with van der Waals surface area (Å²) >= 11 is 0. The molecule has 1 fully saturated rings. The van der Waals surface area contributed by atoms with Crippen molar-refractivity contribution in [2.24, 2.45) is 0 Å². The number of rotatable bonds is 39. The Hall–Kier alpha value is -1.22. The second kappa shape index (κ2) is 36.2. The normalized spacial score (nSPS) is 23.6. The Kier molecular flexibility index (Phi) is 34.2. The molecule has 1 aliphatic rings. The molecule has 0 aromatic carbocycles. The third-order valence-electron chi connectivity index (χ3n) is 11.5. The molecule has 0 aliphatic heterocycles. The SMILES string of the molecule is CCCCCCCCCCCCCCCCC/C=C/CC/C=C/C(O)C(COP(=O)(O)OC1C(O)C(O)C(O)C(O)C1O)NC(=O)CC(O)CCCCCCCCCCC. The van der Waals surface area contributed by atoms with Gasteiger partial charge in [0.25, 0.3) is 0 Å². The van der Waals surface area contributed by atoms with Gasteiger partial charge >= 0.3 is 7.82 Å².